The molecular weight excluding hydrogens is 322 g/mol. The number of pyridine rings is 2. The lowest BCUT2D eigenvalue weighted by atomic mass is 10.00. The number of benzene rings is 1. The van der Waals surface area contributed by atoms with E-state index in [4.69, 9.17) is 0 Å². The van der Waals surface area contributed by atoms with Crippen molar-refractivity contribution in [2.45, 2.75) is 26.7 Å². The Balaban J connectivity index is 1.57. The molecule has 4 nitrogen and oxygen atoms in total. The SMILES string of the molecule is Cc1ccc2nc(C)cc(C(=O)N3CCC(Cc4cccnc4)C3)c2c1. The van der Waals surface area contributed by atoms with E-state index < -0.39 is 0 Å². The van der Waals surface area contributed by atoms with Gasteiger partial charge in [0.15, 0.2) is 0 Å². The average Bonchev–Trinajstić information content (AvgIpc) is 3.10. The van der Waals surface area contributed by atoms with Crippen LogP contribution in [0.2, 0.25) is 0 Å². The summed E-state index contributed by atoms with van der Waals surface area (Å²) < 4.78 is 0. The van der Waals surface area contributed by atoms with Crippen LogP contribution in [0.3, 0.4) is 0 Å². The van der Waals surface area contributed by atoms with Crippen LogP contribution < -0.4 is 0 Å². The Labute approximate surface area is 153 Å². The summed E-state index contributed by atoms with van der Waals surface area (Å²) in [6, 6.07) is 12.1. The van der Waals surface area contributed by atoms with E-state index in [-0.39, 0.29) is 5.91 Å². The van der Waals surface area contributed by atoms with E-state index in [1.54, 1.807) is 6.20 Å². The summed E-state index contributed by atoms with van der Waals surface area (Å²) in [5.74, 6) is 0.624. The molecule has 1 atom stereocenters. The van der Waals surface area contributed by atoms with E-state index in [2.05, 4.69) is 22.1 Å². The zero-order chi connectivity index (χ0) is 18.1. The summed E-state index contributed by atoms with van der Waals surface area (Å²) in [7, 11) is 0. The first kappa shape index (κ1) is 16.7. The van der Waals surface area contributed by atoms with Crippen molar-refractivity contribution in [1.29, 1.82) is 0 Å². The molecule has 0 saturated carbocycles. The largest absolute Gasteiger partial charge is 0.338 e. The zero-order valence-corrected chi connectivity index (χ0v) is 15.3. The molecule has 3 aromatic rings. The van der Waals surface area contributed by atoms with Gasteiger partial charge in [0.2, 0.25) is 0 Å². The molecule has 0 radical (unpaired) electrons. The Hall–Kier alpha value is -2.75. The van der Waals surface area contributed by atoms with Crippen molar-refractivity contribution in [1.82, 2.24) is 14.9 Å². The number of fused-ring (bicyclic) bond motifs is 1. The molecule has 26 heavy (non-hydrogen) atoms. The third-order valence-electron chi connectivity index (χ3n) is 5.14. The van der Waals surface area contributed by atoms with E-state index in [1.165, 1.54) is 5.56 Å². The fourth-order valence-electron chi connectivity index (χ4n) is 3.86. The van der Waals surface area contributed by atoms with Gasteiger partial charge in [-0.1, -0.05) is 17.7 Å². The first-order chi connectivity index (χ1) is 12.6. The number of carbonyl (C=O) groups excluding carboxylic acids is 1. The van der Waals surface area contributed by atoms with Crippen molar-refractivity contribution in [3.63, 3.8) is 0 Å². The summed E-state index contributed by atoms with van der Waals surface area (Å²) in [5.41, 5.74) is 4.94. The molecule has 2 aromatic heterocycles. The molecular formula is C22H23N3O. The Morgan fingerprint density at radius 3 is 2.92 bits per heavy atom. The molecule has 1 unspecified atom stereocenters. The van der Waals surface area contributed by atoms with Gasteiger partial charge >= 0.3 is 0 Å². The lowest BCUT2D eigenvalue weighted by molar-refractivity contribution is 0.0789. The molecule has 0 bridgehead atoms. The molecule has 4 rings (SSSR count). The van der Waals surface area contributed by atoms with Crippen LogP contribution in [0.4, 0.5) is 0 Å². The predicted octanol–water partition coefficient (Wildman–Crippen LogP) is 3.95. The van der Waals surface area contributed by atoms with Gasteiger partial charge in [0.05, 0.1) is 11.1 Å². The Morgan fingerprint density at radius 2 is 2.12 bits per heavy atom. The molecule has 1 aliphatic heterocycles. The van der Waals surface area contributed by atoms with Crippen molar-refractivity contribution < 1.29 is 4.79 Å². The highest BCUT2D eigenvalue weighted by atomic mass is 16.2. The third kappa shape index (κ3) is 3.32. The molecule has 3 heterocycles. The van der Waals surface area contributed by atoms with Crippen LogP contribution in [0, 0.1) is 19.8 Å². The summed E-state index contributed by atoms with van der Waals surface area (Å²) in [4.78, 5) is 24.0. The van der Waals surface area contributed by atoms with Crippen LogP contribution in [0.15, 0.2) is 48.8 Å². The van der Waals surface area contributed by atoms with Crippen LogP contribution in [0.25, 0.3) is 10.9 Å². The Bertz CT molecular complexity index is 952. The molecule has 4 heteroatoms. The molecule has 1 fully saturated rings. The van der Waals surface area contributed by atoms with E-state index in [0.29, 0.717) is 5.92 Å². The second kappa shape index (κ2) is 6.87. The van der Waals surface area contributed by atoms with Gasteiger partial charge in [-0.25, -0.2) is 0 Å². The van der Waals surface area contributed by atoms with Crippen molar-refractivity contribution in [3.05, 3.63) is 71.2 Å². The lowest BCUT2D eigenvalue weighted by Gasteiger charge is -2.18. The van der Waals surface area contributed by atoms with Gasteiger partial charge < -0.3 is 4.90 Å². The van der Waals surface area contributed by atoms with Crippen LogP contribution in [0.5, 0.6) is 0 Å². The molecule has 1 aliphatic rings. The minimum atomic E-state index is 0.125. The van der Waals surface area contributed by atoms with Crippen LogP contribution in [-0.4, -0.2) is 33.9 Å². The fourth-order valence-corrected chi connectivity index (χ4v) is 3.86. The van der Waals surface area contributed by atoms with Crippen LogP contribution in [0.1, 0.15) is 33.6 Å². The Morgan fingerprint density at radius 1 is 1.23 bits per heavy atom. The number of likely N-dealkylation sites (tertiary alicyclic amines) is 1. The zero-order valence-electron chi connectivity index (χ0n) is 15.3. The summed E-state index contributed by atoms with van der Waals surface area (Å²) in [5, 5.41) is 0.955. The normalized spacial score (nSPS) is 17.0. The number of carbonyl (C=O) groups is 1. The van der Waals surface area contributed by atoms with Crippen molar-refractivity contribution in [2.24, 2.45) is 5.92 Å². The first-order valence-electron chi connectivity index (χ1n) is 9.16. The molecule has 0 spiro atoms. The smallest absolute Gasteiger partial charge is 0.254 e. The standard InChI is InChI=1S/C22H23N3O/c1-15-5-6-21-19(10-15)20(11-16(2)24-21)22(26)25-9-7-18(14-25)12-17-4-3-8-23-13-17/h3-6,8,10-11,13,18H,7,9,12,14H2,1-2H3. The number of aryl methyl sites for hydroxylation is 2. The van der Waals surface area contributed by atoms with Gasteiger partial charge in [0.1, 0.15) is 0 Å². The quantitative estimate of drug-likeness (QED) is 0.722. The molecule has 1 saturated heterocycles. The van der Waals surface area contributed by atoms with Crippen LogP contribution in [-0.2, 0) is 6.42 Å². The molecule has 1 amide bonds. The summed E-state index contributed by atoms with van der Waals surface area (Å²) in [6.07, 6.45) is 5.74. The highest BCUT2D eigenvalue weighted by Crippen LogP contribution is 2.26. The Kier molecular flexibility index (Phi) is 4.41. The highest BCUT2D eigenvalue weighted by Gasteiger charge is 2.28. The number of amides is 1. The van der Waals surface area contributed by atoms with Gasteiger partial charge in [-0.05, 0) is 62.4 Å². The monoisotopic (exact) mass is 345 g/mol. The number of rotatable bonds is 3. The van der Waals surface area contributed by atoms with Gasteiger partial charge in [-0.15, -0.1) is 0 Å². The van der Waals surface area contributed by atoms with Gasteiger partial charge in [0, 0.05) is 36.6 Å². The van der Waals surface area contributed by atoms with E-state index in [9.17, 15) is 4.79 Å². The maximum atomic E-state index is 13.2. The summed E-state index contributed by atoms with van der Waals surface area (Å²) in [6.45, 7) is 5.62. The van der Waals surface area contributed by atoms with Crippen molar-refractivity contribution >= 4 is 16.8 Å². The number of nitrogens with zero attached hydrogens (tertiary/aromatic N) is 3. The molecule has 1 aromatic carbocycles. The van der Waals surface area contributed by atoms with Gasteiger partial charge in [-0.3, -0.25) is 14.8 Å². The van der Waals surface area contributed by atoms with E-state index >= 15 is 0 Å². The second-order valence-electron chi connectivity index (χ2n) is 7.30. The molecule has 0 aliphatic carbocycles. The molecule has 0 N–H and O–H groups in total. The van der Waals surface area contributed by atoms with Gasteiger partial charge in [-0.2, -0.15) is 0 Å². The minimum Gasteiger partial charge on any atom is -0.338 e. The van der Waals surface area contributed by atoms with Crippen molar-refractivity contribution in [2.75, 3.05) is 13.1 Å². The van der Waals surface area contributed by atoms with Crippen LogP contribution >= 0.6 is 0 Å². The van der Waals surface area contributed by atoms with Gasteiger partial charge in [0.25, 0.3) is 5.91 Å². The van der Waals surface area contributed by atoms with E-state index in [1.807, 2.05) is 49.2 Å². The fraction of sp³-hybridized carbons (Fsp3) is 0.318. The third-order valence-corrected chi connectivity index (χ3v) is 5.14. The number of hydrogen-bond acceptors (Lipinski definition) is 3. The minimum absolute atomic E-state index is 0.125. The van der Waals surface area contributed by atoms with E-state index in [0.717, 1.165) is 53.7 Å². The number of hydrogen-bond donors (Lipinski definition) is 0. The average molecular weight is 345 g/mol. The first-order valence-corrected chi connectivity index (χ1v) is 9.16. The number of aromatic nitrogens is 2. The lowest BCUT2D eigenvalue weighted by Crippen LogP contribution is -2.29. The topological polar surface area (TPSA) is 46.1 Å². The predicted molar refractivity (Wildman–Crippen MR) is 103 cm³/mol. The summed E-state index contributed by atoms with van der Waals surface area (Å²) >= 11 is 0. The highest BCUT2D eigenvalue weighted by molar-refractivity contribution is 6.06. The maximum absolute atomic E-state index is 13.2. The second-order valence-corrected chi connectivity index (χ2v) is 7.30. The van der Waals surface area contributed by atoms with Crippen molar-refractivity contribution in [3.8, 4) is 0 Å². The molecule has 132 valence electrons. The maximum Gasteiger partial charge on any atom is 0.254 e.